The topological polar surface area (TPSA) is 145 Å². The molecule has 2 aromatic rings. The standard InChI is InChI=1S/C17H18BrN5O6/c1-10-17(23(27)28)11(2)22(21-10)8-16(26)29-9-15(25)19-7-14(24)20-13-6-4-3-5-12(13)18/h3-6H,7-9H2,1-2H3,(H,19,25)(H,20,24). The Balaban J connectivity index is 1.77. The van der Waals surface area contributed by atoms with Gasteiger partial charge < -0.3 is 15.4 Å². The second-order valence-corrected chi connectivity index (χ2v) is 6.75. The molecule has 11 nitrogen and oxygen atoms in total. The Morgan fingerprint density at radius 3 is 2.55 bits per heavy atom. The van der Waals surface area contributed by atoms with Gasteiger partial charge in [0.2, 0.25) is 5.91 Å². The van der Waals surface area contributed by atoms with Crippen molar-refractivity contribution in [2.75, 3.05) is 18.5 Å². The molecule has 0 atom stereocenters. The second-order valence-electron chi connectivity index (χ2n) is 5.90. The Bertz CT molecular complexity index is 958. The number of aromatic nitrogens is 2. The maximum Gasteiger partial charge on any atom is 0.328 e. The number of halogens is 1. The number of carbonyl (C=O) groups excluding carboxylic acids is 3. The first-order chi connectivity index (χ1) is 13.7. The molecule has 0 spiro atoms. The van der Waals surface area contributed by atoms with Gasteiger partial charge in [-0.1, -0.05) is 12.1 Å². The summed E-state index contributed by atoms with van der Waals surface area (Å²) in [4.78, 5) is 45.9. The maximum atomic E-state index is 11.9. The van der Waals surface area contributed by atoms with Crippen molar-refractivity contribution in [2.24, 2.45) is 0 Å². The molecule has 2 N–H and O–H groups in total. The van der Waals surface area contributed by atoms with Gasteiger partial charge >= 0.3 is 11.7 Å². The third kappa shape index (κ3) is 6.10. The summed E-state index contributed by atoms with van der Waals surface area (Å²) < 4.78 is 6.65. The quantitative estimate of drug-likeness (QED) is 0.339. The SMILES string of the molecule is Cc1nn(CC(=O)OCC(=O)NCC(=O)Nc2ccccc2Br)c(C)c1[N+](=O)[O-]. The Morgan fingerprint density at radius 1 is 1.24 bits per heavy atom. The number of aryl methyl sites for hydroxylation is 1. The first-order valence-electron chi connectivity index (χ1n) is 8.34. The largest absolute Gasteiger partial charge is 0.454 e. The highest BCUT2D eigenvalue weighted by Gasteiger charge is 2.23. The zero-order chi connectivity index (χ0) is 21.6. The highest BCUT2D eigenvalue weighted by Crippen LogP contribution is 2.22. The van der Waals surface area contributed by atoms with Gasteiger partial charge in [-0.25, -0.2) is 0 Å². The van der Waals surface area contributed by atoms with Crippen molar-refractivity contribution in [1.29, 1.82) is 0 Å². The highest BCUT2D eigenvalue weighted by molar-refractivity contribution is 9.10. The van der Waals surface area contributed by atoms with Gasteiger partial charge in [-0.05, 0) is 41.9 Å². The number of anilines is 1. The van der Waals surface area contributed by atoms with Gasteiger partial charge in [-0.15, -0.1) is 0 Å². The molecule has 1 aromatic heterocycles. The number of rotatable bonds is 8. The lowest BCUT2D eigenvalue weighted by Gasteiger charge is -2.09. The fourth-order valence-corrected chi connectivity index (χ4v) is 2.79. The molecule has 0 bridgehead atoms. The minimum Gasteiger partial charge on any atom is -0.454 e. The number of nitrogens with zero attached hydrogens (tertiary/aromatic N) is 3. The van der Waals surface area contributed by atoms with E-state index in [-0.39, 0.29) is 30.2 Å². The van der Waals surface area contributed by atoms with Gasteiger partial charge in [0.05, 0.1) is 17.2 Å². The number of amides is 2. The van der Waals surface area contributed by atoms with Crippen LogP contribution >= 0.6 is 15.9 Å². The minimum atomic E-state index is -0.793. The van der Waals surface area contributed by atoms with Crippen LogP contribution in [-0.4, -0.2) is 45.6 Å². The molecule has 1 heterocycles. The molecule has 0 aliphatic carbocycles. The molecule has 12 heteroatoms. The summed E-state index contributed by atoms with van der Waals surface area (Å²) in [6.07, 6.45) is 0. The second kappa shape index (κ2) is 9.78. The van der Waals surface area contributed by atoms with Crippen LogP contribution < -0.4 is 10.6 Å². The zero-order valence-corrected chi connectivity index (χ0v) is 17.2. The number of para-hydroxylation sites is 1. The molecule has 2 rings (SSSR count). The van der Waals surface area contributed by atoms with Gasteiger partial charge in [0, 0.05) is 4.47 Å². The molecule has 154 valence electrons. The van der Waals surface area contributed by atoms with Gasteiger partial charge in [0.1, 0.15) is 17.9 Å². The third-order valence-electron chi connectivity index (χ3n) is 3.76. The normalized spacial score (nSPS) is 10.3. The number of esters is 1. The number of nitro groups is 1. The van der Waals surface area contributed by atoms with Crippen molar-refractivity contribution >= 4 is 45.1 Å². The molecule has 29 heavy (non-hydrogen) atoms. The lowest BCUT2D eigenvalue weighted by Crippen LogP contribution is -2.36. The molecular weight excluding hydrogens is 450 g/mol. The number of ether oxygens (including phenoxy) is 1. The van der Waals surface area contributed by atoms with E-state index in [0.29, 0.717) is 10.2 Å². The average Bonchev–Trinajstić information content (AvgIpc) is 2.93. The van der Waals surface area contributed by atoms with Crippen molar-refractivity contribution in [3.63, 3.8) is 0 Å². The average molecular weight is 468 g/mol. The molecule has 2 amide bonds. The lowest BCUT2D eigenvalue weighted by molar-refractivity contribution is -0.386. The molecule has 0 saturated heterocycles. The molecule has 0 unspecified atom stereocenters. The maximum absolute atomic E-state index is 11.9. The third-order valence-corrected chi connectivity index (χ3v) is 4.45. The Kier molecular flexibility index (Phi) is 7.42. The summed E-state index contributed by atoms with van der Waals surface area (Å²) in [5.41, 5.74) is 0.760. The van der Waals surface area contributed by atoms with Crippen LogP contribution in [-0.2, 0) is 25.7 Å². The summed E-state index contributed by atoms with van der Waals surface area (Å²) >= 11 is 3.29. The van der Waals surface area contributed by atoms with E-state index < -0.39 is 29.3 Å². The fourth-order valence-electron chi connectivity index (χ4n) is 2.41. The molecule has 0 aliphatic heterocycles. The summed E-state index contributed by atoms with van der Waals surface area (Å²) in [7, 11) is 0. The van der Waals surface area contributed by atoms with E-state index in [9.17, 15) is 24.5 Å². The van der Waals surface area contributed by atoms with E-state index in [0.717, 1.165) is 4.68 Å². The van der Waals surface area contributed by atoms with Crippen LogP contribution in [0.2, 0.25) is 0 Å². The smallest absolute Gasteiger partial charge is 0.328 e. The van der Waals surface area contributed by atoms with E-state index in [1.165, 1.54) is 13.8 Å². The Morgan fingerprint density at radius 2 is 1.93 bits per heavy atom. The van der Waals surface area contributed by atoms with Crippen LogP contribution in [0.5, 0.6) is 0 Å². The highest BCUT2D eigenvalue weighted by atomic mass is 79.9. The number of hydrogen-bond donors (Lipinski definition) is 2. The molecular formula is C17H18BrN5O6. The number of benzene rings is 1. The van der Waals surface area contributed by atoms with Crippen LogP contribution in [0.1, 0.15) is 11.4 Å². The number of nitrogens with one attached hydrogen (secondary N) is 2. The van der Waals surface area contributed by atoms with Crippen LogP contribution in [0.25, 0.3) is 0 Å². The minimum absolute atomic E-state index is 0.174. The van der Waals surface area contributed by atoms with E-state index in [1.807, 2.05) is 0 Å². The predicted octanol–water partition coefficient (Wildman–Crippen LogP) is 1.47. The molecule has 1 aromatic carbocycles. The lowest BCUT2D eigenvalue weighted by atomic mass is 10.3. The molecule has 0 aliphatic rings. The van der Waals surface area contributed by atoms with Gasteiger partial charge in [0.25, 0.3) is 5.91 Å². The van der Waals surface area contributed by atoms with Crippen molar-refractivity contribution in [1.82, 2.24) is 15.1 Å². The monoisotopic (exact) mass is 467 g/mol. The van der Waals surface area contributed by atoms with Gasteiger partial charge in [-0.3, -0.25) is 29.2 Å². The number of hydrogen-bond acceptors (Lipinski definition) is 7. The molecule has 0 fully saturated rings. The summed E-state index contributed by atoms with van der Waals surface area (Å²) in [6.45, 7) is 1.64. The van der Waals surface area contributed by atoms with E-state index in [2.05, 4.69) is 31.7 Å². The predicted molar refractivity (Wildman–Crippen MR) is 105 cm³/mol. The van der Waals surface area contributed by atoms with Crippen LogP contribution in [0.3, 0.4) is 0 Å². The molecule has 0 saturated carbocycles. The van der Waals surface area contributed by atoms with Crippen molar-refractivity contribution in [2.45, 2.75) is 20.4 Å². The molecule has 0 radical (unpaired) electrons. The van der Waals surface area contributed by atoms with Crippen molar-refractivity contribution < 1.29 is 24.0 Å². The summed E-state index contributed by atoms with van der Waals surface area (Å²) in [6, 6.07) is 6.98. The first-order valence-corrected chi connectivity index (χ1v) is 9.13. The van der Waals surface area contributed by atoms with Crippen LogP contribution in [0, 0.1) is 24.0 Å². The van der Waals surface area contributed by atoms with Gasteiger partial charge in [-0.2, -0.15) is 5.10 Å². The van der Waals surface area contributed by atoms with E-state index in [1.54, 1.807) is 24.3 Å². The van der Waals surface area contributed by atoms with E-state index in [4.69, 9.17) is 4.74 Å². The zero-order valence-electron chi connectivity index (χ0n) is 15.6. The summed E-state index contributed by atoms with van der Waals surface area (Å²) in [5.74, 6) is -1.91. The first kappa shape index (κ1) is 22.0. The van der Waals surface area contributed by atoms with Crippen molar-refractivity contribution in [3.05, 3.63) is 50.2 Å². The fraction of sp³-hybridized carbons (Fsp3) is 0.294. The van der Waals surface area contributed by atoms with E-state index >= 15 is 0 Å². The summed E-state index contributed by atoms with van der Waals surface area (Å²) in [5, 5.41) is 19.8. The Labute approximate surface area is 173 Å². The van der Waals surface area contributed by atoms with Gasteiger partial charge in [0.15, 0.2) is 6.61 Å². The van der Waals surface area contributed by atoms with Crippen LogP contribution in [0.15, 0.2) is 28.7 Å². The van der Waals surface area contributed by atoms with Crippen molar-refractivity contribution in [3.8, 4) is 0 Å². The Hall–Kier alpha value is -3.28. The number of carbonyl (C=O) groups is 3. The van der Waals surface area contributed by atoms with Crippen LogP contribution in [0.4, 0.5) is 11.4 Å².